The number of hydrogen-bond acceptors (Lipinski definition) is 4. The Hall–Kier alpha value is -2.22. The highest BCUT2D eigenvalue weighted by Gasteiger charge is 2.26. The van der Waals surface area contributed by atoms with E-state index < -0.39 is 6.10 Å². The zero-order valence-electron chi connectivity index (χ0n) is 9.89. The van der Waals surface area contributed by atoms with Crippen molar-refractivity contribution in [2.45, 2.75) is 18.9 Å². The number of para-hydroxylation sites is 2. The molecule has 0 aromatic heterocycles. The third-order valence-corrected chi connectivity index (χ3v) is 2.57. The van der Waals surface area contributed by atoms with Gasteiger partial charge >= 0.3 is 0 Å². The summed E-state index contributed by atoms with van der Waals surface area (Å²) in [6.07, 6.45) is 0.458. The average Bonchev–Trinajstić information content (AvgIpc) is 2.43. The van der Waals surface area contributed by atoms with Gasteiger partial charge in [0.05, 0.1) is 6.07 Å². The predicted molar refractivity (Wildman–Crippen MR) is 64.2 cm³/mol. The van der Waals surface area contributed by atoms with Crippen LogP contribution in [0.5, 0.6) is 11.5 Å². The quantitative estimate of drug-likeness (QED) is 0.811. The molecular weight excluding hydrogens is 232 g/mol. The summed E-state index contributed by atoms with van der Waals surface area (Å²) in [7, 11) is 0. The van der Waals surface area contributed by atoms with E-state index in [2.05, 4.69) is 5.32 Å². The maximum absolute atomic E-state index is 11.8. The minimum Gasteiger partial charge on any atom is -0.485 e. The molecule has 2 rings (SSSR count). The molecule has 1 aliphatic heterocycles. The summed E-state index contributed by atoms with van der Waals surface area (Å²) in [6, 6.07) is 9.28. The first-order valence-electron chi connectivity index (χ1n) is 5.84. The number of amides is 1. The van der Waals surface area contributed by atoms with Crippen molar-refractivity contribution in [2.24, 2.45) is 0 Å². The number of nitrogens with one attached hydrogen (secondary N) is 1. The van der Waals surface area contributed by atoms with Crippen molar-refractivity contribution < 1.29 is 14.3 Å². The second-order valence-electron chi connectivity index (χ2n) is 3.92. The fraction of sp³-hybridized carbons (Fsp3) is 0.385. The maximum atomic E-state index is 11.8. The van der Waals surface area contributed by atoms with Crippen LogP contribution in [-0.4, -0.2) is 25.2 Å². The molecule has 1 heterocycles. The van der Waals surface area contributed by atoms with Gasteiger partial charge in [0, 0.05) is 13.0 Å². The molecule has 1 unspecified atom stereocenters. The van der Waals surface area contributed by atoms with E-state index >= 15 is 0 Å². The van der Waals surface area contributed by atoms with Crippen LogP contribution in [0.4, 0.5) is 0 Å². The lowest BCUT2D eigenvalue weighted by atomic mass is 10.2. The molecule has 18 heavy (non-hydrogen) atoms. The molecule has 1 atom stereocenters. The molecule has 0 fully saturated rings. The molecule has 0 radical (unpaired) electrons. The first kappa shape index (κ1) is 12.2. The summed E-state index contributed by atoms with van der Waals surface area (Å²) in [5, 5.41) is 11.1. The summed E-state index contributed by atoms with van der Waals surface area (Å²) in [5.41, 5.74) is 0. The number of carbonyl (C=O) groups excluding carboxylic acids is 1. The maximum Gasteiger partial charge on any atom is 0.264 e. The molecule has 94 valence electrons. The molecular formula is C13H14N2O3. The van der Waals surface area contributed by atoms with Gasteiger partial charge in [-0.25, -0.2) is 0 Å². The lowest BCUT2D eigenvalue weighted by Gasteiger charge is -2.25. The summed E-state index contributed by atoms with van der Waals surface area (Å²) < 4.78 is 11.0. The van der Waals surface area contributed by atoms with Gasteiger partial charge in [0.1, 0.15) is 6.61 Å². The van der Waals surface area contributed by atoms with E-state index in [1.165, 1.54) is 0 Å². The Morgan fingerprint density at radius 3 is 3.00 bits per heavy atom. The highest BCUT2D eigenvalue weighted by molar-refractivity contribution is 5.81. The lowest BCUT2D eigenvalue weighted by Crippen LogP contribution is -2.44. The normalized spacial score (nSPS) is 16.7. The van der Waals surface area contributed by atoms with Crippen molar-refractivity contribution in [1.29, 1.82) is 5.26 Å². The number of nitriles is 1. The van der Waals surface area contributed by atoms with Crippen LogP contribution in [-0.2, 0) is 4.79 Å². The fourth-order valence-corrected chi connectivity index (χ4v) is 1.64. The van der Waals surface area contributed by atoms with Crippen LogP contribution in [0.15, 0.2) is 24.3 Å². The van der Waals surface area contributed by atoms with E-state index in [1.807, 2.05) is 18.2 Å². The summed E-state index contributed by atoms with van der Waals surface area (Å²) in [6.45, 7) is 0.689. The number of unbranched alkanes of at least 4 members (excludes halogenated alkanes) is 1. The molecule has 0 saturated heterocycles. The highest BCUT2D eigenvalue weighted by atomic mass is 16.6. The number of nitrogens with zero attached hydrogens (tertiary/aromatic N) is 1. The molecule has 0 spiro atoms. The zero-order valence-corrected chi connectivity index (χ0v) is 9.89. The third-order valence-electron chi connectivity index (χ3n) is 2.57. The number of fused-ring (bicyclic) bond motifs is 1. The van der Waals surface area contributed by atoms with Crippen molar-refractivity contribution in [3.8, 4) is 17.6 Å². The Labute approximate surface area is 105 Å². The van der Waals surface area contributed by atoms with Gasteiger partial charge in [-0.1, -0.05) is 12.1 Å². The van der Waals surface area contributed by atoms with E-state index in [1.54, 1.807) is 12.1 Å². The third kappa shape index (κ3) is 2.92. The Morgan fingerprint density at radius 1 is 1.44 bits per heavy atom. The van der Waals surface area contributed by atoms with Gasteiger partial charge in [-0.15, -0.1) is 0 Å². The van der Waals surface area contributed by atoms with Crippen LogP contribution in [0.25, 0.3) is 0 Å². The number of benzene rings is 1. The Bertz CT molecular complexity index is 468. The molecule has 5 heteroatoms. The Kier molecular flexibility index (Phi) is 4.02. The van der Waals surface area contributed by atoms with Crippen molar-refractivity contribution in [3.63, 3.8) is 0 Å². The molecule has 1 aromatic carbocycles. The van der Waals surface area contributed by atoms with Gasteiger partial charge in [0.25, 0.3) is 5.91 Å². The van der Waals surface area contributed by atoms with Crippen molar-refractivity contribution in [2.75, 3.05) is 13.2 Å². The van der Waals surface area contributed by atoms with E-state index in [-0.39, 0.29) is 12.5 Å². The largest absolute Gasteiger partial charge is 0.485 e. The van der Waals surface area contributed by atoms with Crippen LogP contribution >= 0.6 is 0 Å². The first-order chi connectivity index (χ1) is 8.81. The number of ether oxygens (including phenoxy) is 2. The van der Waals surface area contributed by atoms with Crippen LogP contribution in [0, 0.1) is 11.3 Å². The topological polar surface area (TPSA) is 71.4 Å². The van der Waals surface area contributed by atoms with Gasteiger partial charge in [-0.05, 0) is 18.6 Å². The zero-order chi connectivity index (χ0) is 12.8. The molecule has 0 saturated carbocycles. The summed E-state index contributed by atoms with van der Waals surface area (Å²) >= 11 is 0. The monoisotopic (exact) mass is 246 g/mol. The SMILES string of the molecule is N#CCCCNC(=O)C1COc2ccccc2O1. The van der Waals surface area contributed by atoms with Gasteiger partial charge in [-0.2, -0.15) is 5.26 Å². The average molecular weight is 246 g/mol. The van der Waals surface area contributed by atoms with Crippen molar-refractivity contribution in [1.82, 2.24) is 5.32 Å². The summed E-state index contributed by atoms with van der Waals surface area (Å²) in [4.78, 5) is 11.8. The second kappa shape index (κ2) is 5.92. The first-order valence-corrected chi connectivity index (χ1v) is 5.84. The van der Waals surface area contributed by atoms with Gasteiger partial charge in [-0.3, -0.25) is 4.79 Å². The van der Waals surface area contributed by atoms with E-state index in [0.29, 0.717) is 30.9 Å². The van der Waals surface area contributed by atoms with E-state index in [0.717, 1.165) is 0 Å². The Balaban J connectivity index is 1.85. The number of hydrogen-bond donors (Lipinski definition) is 1. The van der Waals surface area contributed by atoms with Crippen LogP contribution in [0.3, 0.4) is 0 Å². The minimum absolute atomic E-state index is 0.206. The molecule has 0 aliphatic carbocycles. The highest BCUT2D eigenvalue weighted by Crippen LogP contribution is 2.30. The number of rotatable bonds is 4. The molecule has 5 nitrogen and oxygen atoms in total. The van der Waals surface area contributed by atoms with Crippen molar-refractivity contribution >= 4 is 5.91 Å². The Morgan fingerprint density at radius 2 is 2.22 bits per heavy atom. The number of carbonyl (C=O) groups is 1. The van der Waals surface area contributed by atoms with E-state index in [4.69, 9.17) is 14.7 Å². The van der Waals surface area contributed by atoms with Gasteiger partial charge in [0.2, 0.25) is 6.10 Å². The molecule has 1 amide bonds. The lowest BCUT2D eigenvalue weighted by molar-refractivity contribution is -0.130. The second-order valence-corrected chi connectivity index (χ2v) is 3.92. The fourth-order valence-electron chi connectivity index (χ4n) is 1.64. The van der Waals surface area contributed by atoms with Crippen LogP contribution in [0.2, 0.25) is 0 Å². The molecule has 1 aliphatic rings. The van der Waals surface area contributed by atoms with Gasteiger partial charge in [0.15, 0.2) is 11.5 Å². The van der Waals surface area contributed by atoms with Gasteiger partial charge < -0.3 is 14.8 Å². The van der Waals surface area contributed by atoms with Crippen LogP contribution < -0.4 is 14.8 Å². The minimum atomic E-state index is -0.623. The van der Waals surface area contributed by atoms with Crippen molar-refractivity contribution in [3.05, 3.63) is 24.3 Å². The summed E-state index contributed by atoms with van der Waals surface area (Å²) in [5.74, 6) is 1.04. The standard InChI is InChI=1S/C13H14N2O3/c14-7-3-4-8-15-13(16)12-9-17-10-5-1-2-6-11(10)18-12/h1-2,5-6,12H,3-4,8-9H2,(H,15,16). The smallest absolute Gasteiger partial charge is 0.264 e. The predicted octanol–water partition coefficient (Wildman–Crippen LogP) is 1.25. The van der Waals surface area contributed by atoms with Crippen LogP contribution in [0.1, 0.15) is 12.8 Å². The molecule has 1 N–H and O–H groups in total. The van der Waals surface area contributed by atoms with E-state index in [9.17, 15) is 4.79 Å². The molecule has 0 bridgehead atoms. The molecule has 1 aromatic rings.